The van der Waals surface area contributed by atoms with E-state index in [2.05, 4.69) is 21.2 Å². The van der Waals surface area contributed by atoms with Crippen molar-refractivity contribution in [1.82, 2.24) is 0 Å². The van der Waals surface area contributed by atoms with Gasteiger partial charge in [0.05, 0.1) is 18.7 Å². The Balaban J connectivity index is 1.67. The second-order valence-corrected chi connectivity index (χ2v) is 5.96. The lowest BCUT2D eigenvalue weighted by molar-refractivity contribution is -0.147. The molecule has 2 aromatic carbocycles. The summed E-state index contributed by atoms with van der Waals surface area (Å²) in [5, 5.41) is 2.66. The molecule has 1 N–H and O–H groups in total. The first-order valence-electron chi connectivity index (χ1n) is 7.44. The van der Waals surface area contributed by atoms with Gasteiger partial charge in [0.2, 0.25) is 0 Å². The smallest absolute Gasteiger partial charge is 0.309 e. The molecule has 0 bridgehead atoms. The summed E-state index contributed by atoms with van der Waals surface area (Å²) in [4.78, 5) is 23.4. The molecule has 0 heterocycles. The molecule has 0 atom stereocenters. The summed E-state index contributed by atoms with van der Waals surface area (Å²) in [5.74, 6) is -0.172. The molecular formula is C18H18BrNO4. The van der Waals surface area contributed by atoms with Gasteiger partial charge in [0.1, 0.15) is 5.75 Å². The van der Waals surface area contributed by atoms with E-state index >= 15 is 0 Å². The number of anilines is 1. The highest BCUT2D eigenvalue weighted by molar-refractivity contribution is 9.10. The summed E-state index contributed by atoms with van der Waals surface area (Å²) in [6, 6.07) is 14.8. The van der Waals surface area contributed by atoms with Crippen LogP contribution >= 0.6 is 15.9 Å². The number of carbonyl (C=O) groups is 2. The molecule has 0 aliphatic heterocycles. The van der Waals surface area contributed by atoms with E-state index in [1.54, 1.807) is 12.1 Å². The standard InChI is InChI=1S/C18H18BrNO4/c1-13-5-4-6-14(11-13)23-10-9-18(22)24-12-17(21)20-16-8-3-2-7-15(16)19/h2-8,11H,9-10,12H2,1H3,(H,20,21). The molecule has 0 saturated heterocycles. The third-order valence-electron chi connectivity index (χ3n) is 3.08. The zero-order chi connectivity index (χ0) is 17.4. The Morgan fingerprint density at radius 2 is 1.92 bits per heavy atom. The lowest BCUT2D eigenvalue weighted by atomic mass is 10.2. The topological polar surface area (TPSA) is 64.6 Å². The first kappa shape index (κ1) is 18.0. The van der Waals surface area contributed by atoms with E-state index in [-0.39, 0.29) is 19.6 Å². The maximum absolute atomic E-state index is 11.8. The molecule has 0 aliphatic rings. The van der Waals surface area contributed by atoms with Gasteiger partial charge >= 0.3 is 5.97 Å². The minimum absolute atomic E-state index is 0.0796. The SMILES string of the molecule is Cc1cccc(OCCC(=O)OCC(=O)Nc2ccccc2Br)c1. The van der Waals surface area contributed by atoms with Crippen LogP contribution in [-0.2, 0) is 14.3 Å². The molecular weight excluding hydrogens is 374 g/mol. The maximum atomic E-state index is 11.8. The Kier molecular flexibility index (Phi) is 6.81. The number of amides is 1. The number of aryl methyl sites for hydroxylation is 1. The van der Waals surface area contributed by atoms with Crippen LogP contribution in [0.1, 0.15) is 12.0 Å². The number of ether oxygens (including phenoxy) is 2. The largest absolute Gasteiger partial charge is 0.493 e. The first-order chi connectivity index (χ1) is 11.5. The molecule has 6 heteroatoms. The van der Waals surface area contributed by atoms with Crippen LogP contribution in [0.25, 0.3) is 0 Å². The lowest BCUT2D eigenvalue weighted by Crippen LogP contribution is -2.21. The summed E-state index contributed by atoms with van der Waals surface area (Å²) in [6.07, 6.45) is 0.0796. The quantitative estimate of drug-likeness (QED) is 0.730. The van der Waals surface area contributed by atoms with Crippen molar-refractivity contribution in [3.05, 3.63) is 58.6 Å². The van der Waals surface area contributed by atoms with Crippen molar-refractivity contribution in [2.45, 2.75) is 13.3 Å². The number of halogens is 1. The van der Waals surface area contributed by atoms with Gasteiger partial charge in [-0.25, -0.2) is 0 Å². The summed E-state index contributed by atoms with van der Waals surface area (Å²) in [5.41, 5.74) is 1.71. The zero-order valence-corrected chi connectivity index (χ0v) is 14.8. The van der Waals surface area contributed by atoms with Crippen molar-refractivity contribution in [3.8, 4) is 5.75 Å². The van der Waals surface area contributed by atoms with E-state index < -0.39 is 11.9 Å². The van der Waals surface area contributed by atoms with Crippen LogP contribution in [0, 0.1) is 6.92 Å². The normalized spacial score (nSPS) is 10.1. The number of carbonyl (C=O) groups excluding carboxylic acids is 2. The Morgan fingerprint density at radius 1 is 1.12 bits per heavy atom. The van der Waals surface area contributed by atoms with Gasteiger partial charge in [-0.3, -0.25) is 9.59 Å². The van der Waals surface area contributed by atoms with Crippen molar-refractivity contribution < 1.29 is 19.1 Å². The fourth-order valence-corrected chi connectivity index (χ4v) is 2.31. The molecule has 0 unspecified atom stereocenters. The molecule has 0 aromatic heterocycles. The van der Waals surface area contributed by atoms with E-state index in [1.165, 1.54) is 0 Å². The average Bonchev–Trinajstić information content (AvgIpc) is 2.55. The highest BCUT2D eigenvalue weighted by Gasteiger charge is 2.09. The van der Waals surface area contributed by atoms with Crippen LogP contribution in [0.4, 0.5) is 5.69 Å². The molecule has 2 aromatic rings. The van der Waals surface area contributed by atoms with Crippen LogP contribution < -0.4 is 10.1 Å². The van der Waals surface area contributed by atoms with Gasteiger partial charge in [-0.05, 0) is 52.7 Å². The van der Waals surface area contributed by atoms with Crippen LogP contribution in [0.3, 0.4) is 0 Å². The monoisotopic (exact) mass is 391 g/mol. The number of esters is 1. The Hall–Kier alpha value is -2.34. The Labute approximate surface area is 149 Å². The highest BCUT2D eigenvalue weighted by Crippen LogP contribution is 2.20. The molecule has 0 spiro atoms. The van der Waals surface area contributed by atoms with Crippen LogP contribution in [-0.4, -0.2) is 25.1 Å². The van der Waals surface area contributed by atoms with E-state index in [0.29, 0.717) is 11.4 Å². The second kappa shape index (κ2) is 9.08. The maximum Gasteiger partial charge on any atom is 0.309 e. The Bertz CT molecular complexity index is 718. The molecule has 0 aliphatic carbocycles. The molecule has 0 fully saturated rings. The minimum atomic E-state index is -0.482. The van der Waals surface area contributed by atoms with E-state index in [1.807, 2.05) is 43.3 Å². The van der Waals surface area contributed by atoms with Gasteiger partial charge in [-0.15, -0.1) is 0 Å². The van der Waals surface area contributed by atoms with Gasteiger partial charge in [0.15, 0.2) is 6.61 Å². The Morgan fingerprint density at radius 3 is 2.67 bits per heavy atom. The average molecular weight is 392 g/mol. The van der Waals surface area contributed by atoms with E-state index in [0.717, 1.165) is 10.0 Å². The number of hydrogen-bond donors (Lipinski definition) is 1. The number of rotatable bonds is 7. The van der Waals surface area contributed by atoms with Crippen molar-refractivity contribution in [2.24, 2.45) is 0 Å². The van der Waals surface area contributed by atoms with Gasteiger partial charge < -0.3 is 14.8 Å². The van der Waals surface area contributed by atoms with E-state index in [9.17, 15) is 9.59 Å². The van der Waals surface area contributed by atoms with Crippen molar-refractivity contribution in [1.29, 1.82) is 0 Å². The van der Waals surface area contributed by atoms with Gasteiger partial charge in [0.25, 0.3) is 5.91 Å². The molecule has 0 saturated carbocycles. The fourth-order valence-electron chi connectivity index (χ4n) is 1.92. The molecule has 1 amide bonds. The van der Waals surface area contributed by atoms with Gasteiger partial charge in [0, 0.05) is 4.47 Å². The van der Waals surface area contributed by atoms with Gasteiger partial charge in [-0.1, -0.05) is 24.3 Å². The number of para-hydroxylation sites is 1. The predicted molar refractivity (Wildman–Crippen MR) is 95.0 cm³/mol. The van der Waals surface area contributed by atoms with E-state index in [4.69, 9.17) is 9.47 Å². The van der Waals surface area contributed by atoms with Crippen molar-refractivity contribution >= 4 is 33.5 Å². The molecule has 24 heavy (non-hydrogen) atoms. The van der Waals surface area contributed by atoms with Crippen molar-refractivity contribution in [2.75, 3.05) is 18.5 Å². The minimum Gasteiger partial charge on any atom is -0.493 e. The molecule has 2 rings (SSSR count). The fraction of sp³-hybridized carbons (Fsp3) is 0.222. The zero-order valence-electron chi connectivity index (χ0n) is 13.3. The van der Waals surface area contributed by atoms with Crippen molar-refractivity contribution in [3.63, 3.8) is 0 Å². The molecule has 126 valence electrons. The summed E-state index contributed by atoms with van der Waals surface area (Å²) < 4.78 is 11.2. The third-order valence-corrected chi connectivity index (χ3v) is 3.77. The molecule has 0 radical (unpaired) electrons. The first-order valence-corrected chi connectivity index (χ1v) is 8.23. The number of benzene rings is 2. The third kappa shape index (κ3) is 6.04. The summed E-state index contributed by atoms with van der Waals surface area (Å²) in [6.45, 7) is 1.84. The second-order valence-electron chi connectivity index (χ2n) is 5.10. The predicted octanol–water partition coefficient (Wildman–Crippen LogP) is 3.71. The van der Waals surface area contributed by atoms with Crippen LogP contribution in [0.15, 0.2) is 53.0 Å². The summed E-state index contributed by atoms with van der Waals surface area (Å²) in [7, 11) is 0. The molecule has 5 nitrogen and oxygen atoms in total. The highest BCUT2D eigenvalue weighted by atomic mass is 79.9. The van der Waals surface area contributed by atoms with Gasteiger partial charge in [-0.2, -0.15) is 0 Å². The van der Waals surface area contributed by atoms with Crippen LogP contribution in [0.2, 0.25) is 0 Å². The van der Waals surface area contributed by atoms with Crippen LogP contribution in [0.5, 0.6) is 5.75 Å². The lowest BCUT2D eigenvalue weighted by Gasteiger charge is -2.09. The number of hydrogen-bond acceptors (Lipinski definition) is 4. The number of nitrogens with one attached hydrogen (secondary N) is 1. The summed E-state index contributed by atoms with van der Waals surface area (Å²) >= 11 is 3.33.